The highest BCUT2D eigenvalue weighted by atomic mass is 16.7. The second kappa shape index (κ2) is 2.59. The van der Waals surface area contributed by atoms with Crippen LogP contribution in [0.5, 0.6) is 0 Å². The van der Waals surface area contributed by atoms with Gasteiger partial charge in [0.25, 0.3) is 5.69 Å². The third-order valence-electron chi connectivity index (χ3n) is 1.80. The molecule has 0 fully saturated rings. The average molecular weight is 196 g/mol. The van der Waals surface area contributed by atoms with Crippen molar-refractivity contribution in [2.45, 2.75) is 0 Å². The van der Waals surface area contributed by atoms with Crippen molar-refractivity contribution in [2.24, 2.45) is 0 Å². The van der Waals surface area contributed by atoms with E-state index in [2.05, 4.69) is 4.52 Å². The van der Waals surface area contributed by atoms with E-state index in [4.69, 9.17) is 5.21 Å². The number of nitrogens with zero attached hydrogens (tertiary/aromatic N) is 2. The fourth-order valence-corrected chi connectivity index (χ4v) is 1.22. The molecule has 0 aliphatic heterocycles. The van der Waals surface area contributed by atoms with Gasteiger partial charge in [0.05, 0.1) is 4.92 Å². The first kappa shape index (κ1) is 8.30. The number of benzene rings is 1. The zero-order chi connectivity index (χ0) is 10.3. The number of nitro benzene ring substituents is 1. The second-order valence-electron chi connectivity index (χ2n) is 2.58. The van der Waals surface area contributed by atoms with Gasteiger partial charge in [-0.15, -0.1) is 0 Å². The van der Waals surface area contributed by atoms with E-state index in [0.717, 1.165) is 0 Å². The number of rotatable bonds is 1. The molecule has 7 nitrogen and oxygen atoms in total. The van der Waals surface area contributed by atoms with E-state index in [1.807, 2.05) is 0 Å². The van der Waals surface area contributed by atoms with Crippen LogP contribution < -0.4 is 5.63 Å². The molecule has 1 N–H and O–H groups in total. The Hall–Kier alpha value is -2.31. The molecule has 0 spiro atoms. The lowest BCUT2D eigenvalue weighted by molar-refractivity contribution is -0.383. The molecule has 1 aromatic heterocycles. The molecule has 2 aromatic rings. The topological polar surface area (TPSA) is 98.5 Å². The quantitative estimate of drug-likeness (QED) is 0.412. The van der Waals surface area contributed by atoms with E-state index in [1.54, 1.807) is 0 Å². The number of hydrogen-bond donors (Lipinski definition) is 1. The molecule has 0 saturated carbocycles. The highest BCUT2D eigenvalue weighted by molar-refractivity contribution is 5.86. The first-order valence-electron chi connectivity index (χ1n) is 3.60. The van der Waals surface area contributed by atoms with Crippen LogP contribution in [-0.2, 0) is 0 Å². The predicted molar refractivity (Wildman–Crippen MR) is 44.3 cm³/mol. The molecule has 2 rings (SSSR count). The molecule has 0 unspecified atom stereocenters. The maximum Gasteiger partial charge on any atom is 0.376 e. The van der Waals surface area contributed by atoms with Crippen molar-refractivity contribution >= 4 is 16.6 Å². The van der Waals surface area contributed by atoms with Crippen LogP contribution in [0.15, 0.2) is 27.5 Å². The van der Waals surface area contributed by atoms with Crippen molar-refractivity contribution < 1.29 is 14.7 Å². The van der Waals surface area contributed by atoms with Crippen LogP contribution in [0.3, 0.4) is 0 Å². The number of hydrogen-bond acceptors (Lipinski definition) is 5. The lowest BCUT2D eigenvalue weighted by Gasteiger charge is -1.91. The van der Waals surface area contributed by atoms with Gasteiger partial charge < -0.3 is 9.73 Å². The van der Waals surface area contributed by atoms with Crippen LogP contribution in [0.1, 0.15) is 0 Å². The molecule has 0 aliphatic rings. The van der Waals surface area contributed by atoms with Gasteiger partial charge in [-0.2, -0.15) is 0 Å². The summed E-state index contributed by atoms with van der Waals surface area (Å²) in [6, 6.07) is 3.86. The van der Waals surface area contributed by atoms with Gasteiger partial charge in [-0.25, -0.2) is 4.79 Å². The zero-order valence-corrected chi connectivity index (χ0v) is 6.71. The summed E-state index contributed by atoms with van der Waals surface area (Å²) in [5, 5.41) is 19.3. The first-order chi connectivity index (χ1) is 6.61. The molecule has 0 saturated heterocycles. The van der Waals surface area contributed by atoms with E-state index >= 15 is 0 Å². The molecule has 14 heavy (non-hydrogen) atoms. The first-order valence-corrected chi connectivity index (χ1v) is 3.60. The highest BCUT2D eigenvalue weighted by Crippen LogP contribution is 2.21. The number of nitro groups is 1. The van der Waals surface area contributed by atoms with Crippen molar-refractivity contribution in [1.29, 1.82) is 0 Å². The molecule has 0 amide bonds. The van der Waals surface area contributed by atoms with Crippen LogP contribution in [-0.4, -0.2) is 15.0 Å². The monoisotopic (exact) mass is 196 g/mol. The van der Waals surface area contributed by atoms with Gasteiger partial charge >= 0.3 is 5.63 Å². The van der Waals surface area contributed by atoms with Crippen LogP contribution in [0.2, 0.25) is 0 Å². The van der Waals surface area contributed by atoms with Crippen LogP contribution in [0.4, 0.5) is 5.69 Å². The van der Waals surface area contributed by atoms with Crippen molar-refractivity contribution in [1.82, 2.24) is 4.90 Å². The van der Waals surface area contributed by atoms with Crippen molar-refractivity contribution in [3.05, 3.63) is 38.7 Å². The molecule has 0 aliphatic carbocycles. The van der Waals surface area contributed by atoms with Gasteiger partial charge in [-0.05, 0) is 11.0 Å². The molecule has 0 radical (unpaired) electrons. The molecule has 1 aromatic carbocycles. The fourth-order valence-electron chi connectivity index (χ4n) is 1.22. The van der Waals surface area contributed by atoms with E-state index in [-0.39, 0.29) is 21.5 Å². The summed E-state index contributed by atoms with van der Waals surface area (Å²) in [5.41, 5.74) is -1.34. The Balaban J connectivity index is 3.00. The second-order valence-corrected chi connectivity index (χ2v) is 2.58. The lowest BCUT2D eigenvalue weighted by Crippen LogP contribution is -1.97. The minimum Gasteiger partial charge on any atom is -0.400 e. The van der Waals surface area contributed by atoms with Crippen molar-refractivity contribution in [3.63, 3.8) is 0 Å². The molecular weight excluding hydrogens is 192 g/mol. The molecule has 7 heteroatoms. The molecule has 0 atom stereocenters. The number of fused-ring (bicyclic) bond motifs is 1. The lowest BCUT2D eigenvalue weighted by atomic mass is 10.2. The third-order valence-corrected chi connectivity index (χ3v) is 1.80. The third kappa shape index (κ3) is 0.954. The van der Waals surface area contributed by atoms with Gasteiger partial charge in [-0.1, -0.05) is 6.07 Å². The van der Waals surface area contributed by atoms with E-state index in [0.29, 0.717) is 0 Å². The maximum absolute atomic E-state index is 11.1. The highest BCUT2D eigenvalue weighted by Gasteiger charge is 2.19. The molecule has 1 heterocycles. The maximum atomic E-state index is 11.1. The van der Waals surface area contributed by atoms with E-state index in [9.17, 15) is 14.9 Å². The van der Waals surface area contributed by atoms with Gasteiger partial charge in [0.1, 0.15) is 5.52 Å². The minimum atomic E-state index is -0.935. The Morgan fingerprint density at radius 3 is 2.86 bits per heavy atom. The van der Waals surface area contributed by atoms with Gasteiger partial charge in [0.2, 0.25) is 0 Å². The SMILES string of the molecule is O=c1on(O)c2cccc([N+](=O)[O-])c12. The van der Waals surface area contributed by atoms with Gasteiger partial charge in [0.15, 0.2) is 5.39 Å². The smallest absolute Gasteiger partial charge is 0.376 e. The summed E-state index contributed by atoms with van der Waals surface area (Å²) < 4.78 is 4.27. The Labute approximate surface area is 75.9 Å². The van der Waals surface area contributed by atoms with Crippen molar-refractivity contribution in [3.8, 4) is 0 Å². The van der Waals surface area contributed by atoms with Crippen LogP contribution in [0.25, 0.3) is 10.9 Å². The van der Waals surface area contributed by atoms with Crippen LogP contribution in [0, 0.1) is 10.1 Å². The number of aromatic nitrogens is 1. The Kier molecular flexibility index (Phi) is 1.53. The summed E-state index contributed by atoms with van der Waals surface area (Å²) in [6.07, 6.45) is 0. The van der Waals surface area contributed by atoms with Gasteiger partial charge in [-0.3, -0.25) is 10.1 Å². The Morgan fingerprint density at radius 1 is 1.50 bits per heavy atom. The Morgan fingerprint density at radius 2 is 2.21 bits per heavy atom. The summed E-state index contributed by atoms with van der Waals surface area (Å²) in [4.78, 5) is 21.1. The molecule has 72 valence electrons. The largest absolute Gasteiger partial charge is 0.400 e. The molecular formula is C7H4N2O5. The normalized spacial score (nSPS) is 10.6. The molecule has 0 bridgehead atoms. The Bertz CT molecular complexity index is 567. The van der Waals surface area contributed by atoms with Crippen LogP contribution >= 0.6 is 0 Å². The summed E-state index contributed by atoms with van der Waals surface area (Å²) >= 11 is 0. The van der Waals surface area contributed by atoms with E-state index < -0.39 is 10.5 Å². The van der Waals surface area contributed by atoms with E-state index in [1.165, 1.54) is 18.2 Å². The van der Waals surface area contributed by atoms with Crippen molar-refractivity contribution in [2.75, 3.05) is 0 Å². The summed E-state index contributed by atoms with van der Waals surface area (Å²) in [6.45, 7) is 0. The predicted octanol–water partition coefficient (Wildman–Crippen LogP) is 0.740. The van der Waals surface area contributed by atoms with Gasteiger partial charge in [0, 0.05) is 6.07 Å². The number of non-ortho nitro benzene ring substituents is 1. The fraction of sp³-hybridized carbons (Fsp3) is 0. The minimum absolute atomic E-state index is 0.0239. The summed E-state index contributed by atoms with van der Waals surface area (Å²) in [5.74, 6) is 0. The standard InChI is InChI=1S/C7H4N2O5/c10-7-6-4(8(11)12)2-1-3-5(6)9(13)14-7/h1-3,13H. The average Bonchev–Trinajstić information content (AvgIpc) is 2.43. The summed E-state index contributed by atoms with van der Waals surface area (Å²) in [7, 11) is 0. The zero-order valence-electron chi connectivity index (χ0n) is 6.71.